The van der Waals surface area contributed by atoms with Gasteiger partial charge >= 0.3 is 0 Å². The van der Waals surface area contributed by atoms with Gasteiger partial charge in [-0.05, 0) is 73.9 Å². The number of fused-ring (bicyclic) bond motifs is 1. The minimum atomic E-state index is -0.138. The van der Waals surface area contributed by atoms with Crippen LogP contribution in [0.2, 0.25) is 0 Å². The van der Waals surface area contributed by atoms with Gasteiger partial charge in [0.1, 0.15) is 5.00 Å². The summed E-state index contributed by atoms with van der Waals surface area (Å²) in [7, 11) is 0. The molecule has 1 atom stereocenters. The Morgan fingerprint density at radius 3 is 2.50 bits per heavy atom. The van der Waals surface area contributed by atoms with Gasteiger partial charge in [0.2, 0.25) is 5.91 Å². The molecule has 0 radical (unpaired) electrons. The fourth-order valence-corrected chi connectivity index (χ4v) is 5.73. The van der Waals surface area contributed by atoms with E-state index in [4.69, 9.17) is 0 Å². The van der Waals surface area contributed by atoms with Gasteiger partial charge in [0.25, 0.3) is 5.91 Å². The van der Waals surface area contributed by atoms with Crippen molar-refractivity contribution < 1.29 is 9.59 Å². The highest BCUT2D eigenvalue weighted by atomic mass is 32.1. The third kappa shape index (κ3) is 5.78. The second-order valence-electron chi connectivity index (χ2n) is 9.85. The molecule has 1 aliphatic rings. The molecule has 2 amide bonds. The number of nitrogens with zero attached hydrogens (tertiary/aromatic N) is 1. The number of hydrogen-bond donors (Lipinski definition) is 2. The smallest absolute Gasteiger partial charge is 0.258 e. The Morgan fingerprint density at radius 1 is 1.16 bits per heavy atom. The van der Waals surface area contributed by atoms with Gasteiger partial charge in [-0.3, -0.25) is 14.5 Å². The molecule has 32 heavy (non-hydrogen) atoms. The number of carbonyl (C=O) groups excluding carboxylic acids is 2. The lowest BCUT2D eigenvalue weighted by Gasteiger charge is -2.33. The van der Waals surface area contributed by atoms with Crippen LogP contribution in [0.1, 0.15) is 67.4 Å². The van der Waals surface area contributed by atoms with Gasteiger partial charge in [0.05, 0.1) is 12.1 Å². The highest BCUT2D eigenvalue weighted by Crippen LogP contribution is 2.44. The van der Waals surface area contributed by atoms with Gasteiger partial charge in [-0.25, -0.2) is 0 Å². The maximum absolute atomic E-state index is 13.4. The number of carbonyl (C=O) groups is 2. The molecule has 5 nitrogen and oxygen atoms in total. The molecule has 1 aliphatic carbocycles. The highest BCUT2D eigenvalue weighted by molar-refractivity contribution is 7.17. The van der Waals surface area contributed by atoms with Crippen molar-refractivity contribution in [1.82, 2.24) is 4.90 Å². The third-order valence-electron chi connectivity index (χ3n) is 6.51. The Kier molecular flexibility index (Phi) is 7.78. The number of benzene rings is 1. The van der Waals surface area contributed by atoms with Crippen LogP contribution in [0.5, 0.6) is 0 Å². The minimum Gasteiger partial charge on any atom is -0.322 e. The summed E-state index contributed by atoms with van der Waals surface area (Å²) in [6.07, 6.45) is 2.89. The quantitative estimate of drug-likeness (QED) is 0.560. The van der Waals surface area contributed by atoms with E-state index in [0.29, 0.717) is 23.0 Å². The van der Waals surface area contributed by atoms with Crippen molar-refractivity contribution in [2.75, 3.05) is 30.3 Å². The van der Waals surface area contributed by atoms with Gasteiger partial charge in [-0.15, -0.1) is 11.3 Å². The molecule has 174 valence electrons. The summed E-state index contributed by atoms with van der Waals surface area (Å²) in [5.74, 6) is 0.366. The van der Waals surface area contributed by atoms with E-state index in [1.54, 1.807) is 11.3 Å². The Labute approximate surface area is 196 Å². The highest BCUT2D eigenvalue weighted by Gasteiger charge is 2.34. The molecular formula is C26H37N3O2S. The monoisotopic (exact) mass is 455 g/mol. The second-order valence-corrected chi connectivity index (χ2v) is 11.0. The summed E-state index contributed by atoms with van der Waals surface area (Å²) in [5, 5.41) is 6.82. The number of rotatable bonds is 7. The van der Waals surface area contributed by atoms with E-state index in [9.17, 15) is 9.59 Å². The number of aryl methyl sites for hydroxylation is 1. The van der Waals surface area contributed by atoms with Crippen LogP contribution < -0.4 is 10.6 Å². The average Bonchev–Trinajstić information content (AvgIpc) is 3.08. The maximum Gasteiger partial charge on any atom is 0.258 e. The van der Waals surface area contributed by atoms with Crippen molar-refractivity contribution in [3.05, 3.63) is 45.8 Å². The Bertz CT molecular complexity index is 970. The number of anilines is 2. The van der Waals surface area contributed by atoms with Crippen LogP contribution >= 0.6 is 11.3 Å². The Morgan fingerprint density at radius 2 is 1.88 bits per heavy atom. The van der Waals surface area contributed by atoms with Crippen molar-refractivity contribution in [3.8, 4) is 0 Å². The largest absolute Gasteiger partial charge is 0.322 e. The van der Waals surface area contributed by atoms with Crippen molar-refractivity contribution in [2.45, 2.75) is 60.8 Å². The first-order valence-corrected chi connectivity index (χ1v) is 12.5. The van der Waals surface area contributed by atoms with Crippen LogP contribution in [0.25, 0.3) is 0 Å². The first kappa shape index (κ1) is 24.5. The predicted octanol–water partition coefficient (Wildman–Crippen LogP) is 5.74. The molecule has 2 aromatic rings. The van der Waals surface area contributed by atoms with E-state index in [1.165, 1.54) is 4.88 Å². The van der Waals surface area contributed by atoms with Crippen LogP contribution in [-0.2, 0) is 17.6 Å². The van der Waals surface area contributed by atoms with E-state index < -0.39 is 0 Å². The van der Waals surface area contributed by atoms with Crippen LogP contribution in [0.15, 0.2) is 24.3 Å². The van der Waals surface area contributed by atoms with Crippen LogP contribution in [-0.4, -0.2) is 36.3 Å². The van der Waals surface area contributed by atoms with E-state index in [0.717, 1.165) is 49.2 Å². The molecule has 0 spiro atoms. The number of nitrogens with one attached hydrogen (secondary N) is 2. The zero-order chi connectivity index (χ0) is 23.5. The summed E-state index contributed by atoms with van der Waals surface area (Å²) in [4.78, 5) is 29.5. The predicted molar refractivity (Wildman–Crippen MR) is 135 cm³/mol. The van der Waals surface area contributed by atoms with Crippen LogP contribution in [0.4, 0.5) is 10.7 Å². The lowest BCUT2D eigenvalue weighted by Crippen LogP contribution is -2.33. The van der Waals surface area contributed by atoms with Crippen molar-refractivity contribution >= 4 is 33.8 Å². The standard InChI is InChI=1S/C26H37N3O2S/c1-7-29(8-2)16-22(30)28-25-23(24(31)27-19-11-9-10-17(3)14-19)20-13-12-18(26(4,5)6)15-21(20)32-25/h9-11,14,18H,7-8,12-13,15-16H2,1-6H3,(H,27,31)(H,28,30)/t18-/m0/s1. The molecule has 0 bridgehead atoms. The molecule has 3 rings (SSSR count). The lowest BCUT2D eigenvalue weighted by atomic mass is 9.72. The molecule has 0 unspecified atom stereocenters. The number of thiophene rings is 1. The number of hydrogen-bond acceptors (Lipinski definition) is 4. The third-order valence-corrected chi connectivity index (χ3v) is 7.68. The summed E-state index contributed by atoms with van der Waals surface area (Å²) < 4.78 is 0. The number of likely N-dealkylation sites (N-methyl/N-ethyl adjacent to an activating group) is 1. The fraction of sp³-hybridized carbons (Fsp3) is 0.538. The SMILES string of the molecule is CCN(CC)CC(=O)Nc1sc2c(c1C(=O)Nc1cccc(C)c1)CC[C@H](C(C)(C)C)C2. The van der Waals surface area contributed by atoms with E-state index >= 15 is 0 Å². The molecule has 0 saturated heterocycles. The van der Waals surface area contributed by atoms with Gasteiger partial charge < -0.3 is 10.6 Å². The molecule has 1 aromatic carbocycles. The zero-order valence-corrected chi connectivity index (χ0v) is 21.1. The molecule has 1 aromatic heterocycles. The van der Waals surface area contributed by atoms with Crippen molar-refractivity contribution in [1.29, 1.82) is 0 Å². The molecule has 6 heteroatoms. The molecular weight excluding hydrogens is 418 g/mol. The van der Waals surface area contributed by atoms with Gasteiger partial charge in [-0.2, -0.15) is 0 Å². The van der Waals surface area contributed by atoms with E-state index in [1.807, 2.05) is 45.0 Å². The van der Waals surface area contributed by atoms with Crippen LogP contribution in [0.3, 0.4) is 0 Å². The Balaban J connectivity index is 1.91. The summed E-state index contributed by atoms with van der Waals surface area (Å²) in [5.41, 5.74) is 3.85. The maximum atomic E-state index is 13.4. The summed E-state index contributed by atoms with van der Waals surface area (Å²) in [6, 6.07) is 7.81. The topological polar surface area (TPSA) is 61.4 Å². The molecule has 1 heterocycles. The zero-order valence-electron chi connectivity index (χ0n) is 20.3. The Hall–Kier alpha value is -2.18. The van der Waals surface area contributed by atoms with Gasteiger partial charge in [-0.1, -0.05) is 46.8 Å². The first-order valence-electron chi connectivity index (χ1n) is 11.7. The molecule has 0 aliphatic heterocycles. The average molecular weight is 456 g/mol. The molecule has 0 saturated carbocycles. The van der Waals surface area contributed by atoms with Crippen LogP contribution in [0, 0.1) is 18.3 Å². The lowest BCUT2D eigenvalue weighted by molar-refractivity contribution is -0.117. The van der Waals surface area contributed by atoms with Gasteiger partial charge in [0, 0.05) is 10.6 Å². The fourth-order valence-electron chi connectivity index (χ4n) is 4.39. The summed E-state index contributed by atoms with van der Waals surface area (Å²) >= 11 is 1.58. The van der Waals surface area contributed by atoms with E-state index in [2.05, 4.69) is 36.3 Å². The first-order chi connectivity index (χ1) is 15.1. The second kappa shape index (κ2) is 10.2. The van der Waals surface area contributed by atoms with Crippen molar-refractivity contribution in [2.24, 2.45) is 11.3 Å². The van der Waals surface area contributed by atoms with E-state index in [-0.39, 0.29) is 17.2 Å². The minimum absolute atomic E-state index is 0.0655. The molecule has 0 fully saturated rings. The van der Waals surface area contributed by atoms with Gasteiger partial charge in [0.15, 0.2) is 0 Å². The van der Waals surface area contributed by atoms with Crippen molar-refractivity contribution in [3.63, 3.8) is 0 Å². The normalized spacial score (nSPS) is 16.0. The summed E-state index contributed by atoms with van der Waals surface area (Å²) in [6.45, 7) is 14.9. The number of amides is 2. The molecule has 2 N–H and O–H groups in total.